The van der Waals surface area contributed by atoms with Crippen LogP contribution in [0.4, 0.5) is 17.1 Å². The summed E-state index contributed by atoms with van der Waals surface area (Å²) in [6.45, 7) is 0. The molecule has 10 aromatic rings. The summed E-state index contributed by atoms with van der Waals surface area (Å²) < 4.78 is 0. The normalized spacial score (nSPS) is 11.3. The molecule has 0 aromatic heterocycles. The van der Waals surface area contributed by atoms with Crippen LogP contribution in [0.3, 0.4) is 0 Å². The van der Waals surface area contributed by atoms with E-state index in [1.165, 1.54) is 71.3 Å². The van der Waals surface area contributed by atoms with E-state index in [-0.39, 0.29) is 0 Å². The topological polar surface area (TPSA) is 3.24 Å². The summed E-state index contributed by atoms with van der Waals surface area (Å²) in [5.41, 5.74) is 12.8. The molecular formula is C54H37N. The van der Waals surface area contributed by atoms with Gasteiger partial charge in [-0.15, -0.1) is 0 Å². The fourth-order valence-electron chi connectivity index (χ4n) is 8.19. The van der Waals surface area contributed by atoms with Crippen LogP contribution in [0.1, 0.15) is 0 Å². The summed E-state index contributed by atoms with van der Waals surface area (Å²) in [5, 5.41) is 7.50. The average Bonchev–Trinajstić information content (AvgIpc) is 3.27. The summed E-state index contributed by atoms with van der Waals surface area (Å²) in [5.74, 6) is 0. The van der Waals surface area contributed by atoms with Gasteiger partial charge >= 0.3 is 0 Å². The molecule has 0 aliphatic heterocycles. The fourth-order valence-corrected chi connectivity index (χ4v) is 8.19. The maximum Gasteiger partial charge on any atom is 0.0546 e. The highest BCUT2D eigenvalue weighted by Gasteiger charge is 2.20. The van der Waals surface area contributed by atoms with Crippen LogP contribution >= 0.6 is 0 Å². The Hall–Kier alpha value is -7.22. The van der Waals surface area contributed by atoms with Gasteiger partial charge in [-0.3, -0.25) is 0 Å². The average molecular weight is 700 g/mol. The van der Waals surface area contributed by atoms with Gasteiger partial charge in [-0.2, -0.15) is 0 Å². The number of nitrogens with zero attached hydrogens (tertiary/aromatic N) is 1. The Morgan fingerprint density at radius 1 is 0.236 bits per heavy atom. The molecular weight excluding hydrogens is 663 g/mol. The number of anilines is 3. The van der Waals surface area contributed by atoms with Crippen molar-refractivity contribution in [1.29, 1.82) is 0 Å². The smallest absolute Gasteiger partial charge is 0.0546 e. The molecule has 0 bridgehead atoms. The third kappa shape index (κ3) is 6.02. The molecule has 0 aliphatic carbocycles. The van der Waals surface area contributed by atoms with Crippen LogP contribution < -0.4 is 4.90 Å². The largest absolute Gasteiger partial charge is 0.310 e. The second-order valence-corrected chi connectivity index (χ2v) is 14.1. The number of benzene rings is 10. The van der Waals surface area contributed by atoms with Crippen LogP contribution in [0.2, 0.25) is 0 Å². The van der Waals surface area contributed by atoms with Crippen LogP contribution in [-0.2, 0) is 0 Å². The van der Waals surface area contributed by atoms with E-state index in [4.69, 9.17) is 0 Å². The molecule has 0 radical (unpaired) electrons. The van der Waals surface area contributed by atoms with Crippen LogP contribution in [0.15, 0.2) is 224 Å². The zero-order valence-electron chi connectivity index (χ0n) is 30.3. The number of hydrogen-bond donors (Lipinski definition) is 0. The predicted octanol–water partition coefficient (Wildman–Crippen LogP) is 15.3. The lowest BCUT2D eigenvalue weighted by Gasteiger charge is -2.29. The molecule has 1 nitrogen and oxygen atoms in total. The van der Waals surface area contributed by atoms with Gasteiger partial charge < -0.3 is 4.90 Å². The Morgan fingerprint density at radius 2 is 0.782 bits per heavy atom. The Bertz CT molecular complexity index is 2960. The second kappa shape index (κ2) is 14.0. The van der Waals surface area contributed by atoms with Gasteiger partial charge in [0.2, 0.25) is 0 Å². The molecule has 0 aliphatic rings. The van der Waals surface area contributed by atoms with Crippen molar-refractivity contribution in [3.63, 3.8) is 0 Å². The van der Waals surface area contributed by atoms with Gasteiger partial charge in [0.05, 0.1) is 5.69 Å². The lowest BCUT2D eigenvalue weighted by Crippen LogP contribution is -2.11. The summed E-state index contributed by atoms with van der Waals surface area (Å²) in [6.07, 6.45) is 0. The van der Waals surface area contributed by atoms with Gasteiger partial charge in [0.15, 0.2) is 0 Å². The van der Waals surface area contributed by atoms with E-state index in [0.717, 1.165) is 22.6 Å². The first-order valence-corrected chi connectivity index (χ1v) is 18.9. The Kier molecular flexibility index (Phi) is 8.24. The first-order chi connectivity index (χ1) is 27.3. The maximum absolute atomic E-state index is 2.44. The first kappa shape index (κ1) is 32.4. The van der Waals surface area contributed by atoms with Crippen molar-refractivity contribution in [1.82, 2.24) is 0 Å². The second-order valence-electron chi connectivity index (χ2n) is 14.1. The minimum Gasteiger partial charge on any atom is -0.310 e. The summed E-state index contributed by atoms with van der Waals surface area (Å²) >= 11 is 0. The highest BCUT2D eigenvalue weighted by Crippen LogP contribution is 2.46. The minimum atomic E-state index is 1.09. The molecule has 10 aromatic carbocycles. The van der Waals surface area contributed by atoms with Gasteiger partial charge in [-0.1, -0.05) is 188 Å². The van der Waals surface area contributed by atoms with Crippen molar-refractivity contribution in [2.75, 3.05) is 4.90 Å². The van der Waals surface area contributed by atoms with Crippen molar-refractivity contribution < 1.29 is 0 Å². The molecule has 0 spiro atoms. The van der Waals surface area contributed by atoms with E-state index in [2.05, 4.69) is 229 Å². The molecule has 0 saturated carbocycles. The molecule has 0 fully saturated rings. The van der Waals surface area contributed by atoms with E-state index >= 15 is 0 Å². The summed E-state index contributed by atoms with van der Waals surface area (Å²) in [6, 6.07) is 81.6. The van der Waals surface area contributed by atoms with Crippen molar-refractivity contribution in [3.8, 4) is 44.5 Å². The molecule has 0 N–H and O–H groups in total. The van der Waals surface area contributed by atoms with Gasteiger partial charge in [-0.05, 0) is 108 Å². The van der Waals surface area contributed by atoms with Crippen molar-refractivity contribution in [2.24, 2.45) is 0 Å². The monoisotopic (exact) mass is 699 g/mol. The van der Waals surface area contributed by atoms with E-state index in [1.807, 2.05) is 0 Å². The standard InChI is InChI=1S/C54H37N/c1-3-15-38(16-4-1)39-29-32-45(33-30-39)55(46-23-13-22-42(35-46)48-28-14-21-40-19-7-9-24-47(40)48)54-37-44(31-34-50(54)41-17-5-2-6-18-41)53-36-43-20-8-10-25-49(43)51-26-11-12-27-52(51)53/h1-37H. The van der Waals surface area contributed by atoms with Crippen molar-refractivity contribution in [2.45, 2.75) is 0 Å². The molecule has 1 heteroatoms. The number of fused-ring (bicyclic) bond motifs is 4. The lowest BCUT2D eigenvalue weighted by atomic mass is 9.91. The van der Waals surface area contributed by atoms with Crippen molar-refractivity contribution in [3.05, 3.63) is 224 Å². The van der Waals surface area contributed by atoms with E-state index < -0.39 is 0 Å². The fraction of sp³-hybridized carbons (Fsp3) is 0. The molecule has 0 saturated heterocycles. The summed E-state index contributed by atoms with van der Waals surface area (Å²) in [4.78, 5) is 2.44. The number of hydrogen-bond acceptors (Lipinski definition) is 1. The van der Waals surface area contributed by atoms with Crippen LogP contribution in [0.25, 0.3) is 76.8 Å². The summed E-state index contributed by atoms with van der Waals surface area (Å²) in [7, 11) is 0. The molecule has 0 atom stereocenters. The highest BCUT2D eigenvalue weighted by atomic mass is 15.1. The third-order valence-corrected chi connectivity index (χ3v) is 10.8. The van der Waals surface area contributed by atoms with Gasteiger partial charge in [0.1, 0.15) is 0 Å². The molecule has 55 heavy (non-hydrogen) atoms. The zero-order chi connectivity index (χ0) is 36.6. The zero-order valence-corrected chi connectivity index (χ0v) is 30.3. The number of rotatable bonds is 7. The third-order valence-electron chi connectivity index (χ3n) is 10.8. The van der Waals surface area contributed by atoms with Crippen molar-refractivity contribution >= 4 is 49.4 Å². The Morgan fingerprint density at radius 3 is 1.56 bits per heavy atom. The van der Waals surface area contributed by atoms with E-state index in [9.17, 15) is 0 Å². The predicted molar refractivity (Wildman–Crippen MR) is 235 cm³/mol. The van der Waals surface area contributed by atoms with Crippen LogP contribution in [0.5, 0.6) is 0 Å². The Labute approximate surface area is 322 Å². The minimum absolute atomic E-state index is 1.09. The highest BCUT2D eigenvalue weighted by molar-refractivity contribution is 6.14. The van der Waals surface area contributed by atoms with Crippen LogP contribution in [-0.4, -0.2) is 0 Å². The molecule has 10 rings (SSSR count). The van der Waals surface area contributed by atoms with Gasteiger partial charge in [0.25, 0.3) is 0 Å². The lowest BCUT2D eigenvalue weighted by molar-refractivity contribution is 1.28. The first-order valence-electron chi connectivity index (χ1n) is 18.9. The quantitative estimate of drug-likeness (QED) is 0.150. The van der Waals surface area contributed by atoms with Gasteiger partial charge in [0, 0.05) is 16.9 Å². The Balaban J connectivity index is 1.23. The molecule has 0 amide bonds. The molecule has 0 unspecified atom stereocenters. The van der Waals surface area contributed by atoms with E-state index in [0.29, 0.717) is 0 Å². The van der Waals surface area contributed by atoms with E-state index in [1.54, 1.807) is 0 Å². The molecule has 258 valence electrons. The van der Waals surface area contributed by atoms with Gasteiger partial charge in [-0.25, -0.2) is 0 Å². The molecule has 0 heterocycles. The van der Waals surface area contributed by atoms with Crippen LogP contribution in [0, 0.1) is 0 Å². The maximum atomic E-state index is 2.44. The SMILES string of the molecule is c1ccc(-c2ccc(N(c3cccc(-c4cccc5ccccc45)c3)c3cc(-c4cc5ccccc5c5ccccc45)ccc3-c3ccccc3)cc2)cc1.